The highest BCUT2D eigenvalue weighted by atomic mass is 32.1. The van der Waals surface area contributed by atoms with Gasteiger partial charge in [0.05, 0.1) is 5.52 Å². The van der Waals surface area contributed by atoms with E-state index >= 15 is 0 Å². The quantitative estimate of drug-likeness (QED) is 0.586. The molecule has 0 aliphatic rings. The highest BCUT2D eigenvalue weighted by molar-refractivity contribution is 7.80. The predicted molar refractivity (Wildman–Crippen MR) is 49.0 cm³/mol. The Hall–Kier alpha value is -1.02. The first-order valence-electron chi connectivity index (χ1n) is 3.40. The minimum atomic E-state index is 0.977. The van der Waals surface area contributed by atoms with Crippen molar-refractivity contribution in [2.24, 2.45) is 0 Å². The Morgan fingerprint density at radius 1 is 1.18 bits per heavy atom. The number of aromatic nitrogens is 1. The van der Waals surface area contributed by atoms with Gasteiger partial charge in [-0.2, -0.15) is 0 Å². The van der Waals surface area contributed by atoms with E-state index in [0.717, 1.165) is 15.8 Å². The average molecular weight is 161 g/mol. The Labute approximate surface area is 70.5 Å². The highest BCUT2D eigenvalue weighted by Gasteiger charge is 1.91. The molecule has 0 bridgehead atoms. The van der Waals surface area contributed by atoms with Gasteiger partial charge in [0.1, 0.15) is 0 Å². The lowest BCUT2D eigenvalue weighted by Gasteiger charge is -1.95. The molecule has 2 aromatic rings. The molecule has 0 aliphatic carbocycles. The molecule has 0 saturated carbocycles. The van der Waals surface area contributed by atoms with Crippen LogP contribution in [0.1, 0.15) is 0 Å². The minimum absolute atomic E-state index is 0.977. The zero-order chi connectivity index (χ0) is 7.68. The Balaban J connectivity index is 2.83. The summed E-state index contributed by atoms with van der Waals surface area (Å²) in [6, 6.07) is 9.87. The van der Waals surface area contributed by atoms with Gasteiger partial charge in [0.25, 0.3) is 0 Å². The molecule has 54 valence electrons. The molecule has 1 aromatic carbocycles. The predicted octanol–water partition coefficient (Wildman–Crippen LogP) is 2.52. The van der Waals surface area contributed by atoms with Gasteiger partial charge < -0.3 is 0 Å². The van der Waals surface area contributed by atoms with Crippen molar-refractivity contribution in [1.82, 2.24) is 4.98 Å². The van der Waals surface area contributed by atoms with Crippen LogP contribution in [-0.2, 0) is 0 Å². The zero-order valence-corrected chi connectivity index (χ0v) is 6.75. The number of thiol groups is 1. The second-order valence-corrected chi connectivity index (χ2v) is 2.90. The summed E-state index contributed by atoms with van der Waals surface area (Å²) in [6.45, 7) is 0. The number of benzene rings is 1. The van der Waals surface area contributed by atoms with Crippen LogP contribution in [0.2, 0.25) is 0 Å². The normalized spacial score (nSPS) is 10.3. The molecule has 0 unspecified atom stereocenters. The standard InChI is InChI=1S/C9H7NS/c11-8-3-4-9-7(6-8)2-1-5-10-9/h1-6,11H. The van der Waals surface area contributed by atoms with E-state index in [0.29, 0.717) is 0 Å². The van der Waals surface area contributed by atoms with Crippen LogP contribution in [0.4, 0.5) is 0 Å². The van der Waals surface area contributed by atoms with Crippen LogP contribution in [0.3, 0.4) is 0 Å². The first-order chi connectivity index (χ1) is 5.36. The highest BCUT2D eigenvalue weighted by Crippen LogP contribution is 2.14. The number of fused-ring (bicyclic) bond motifs is 1. The van der Waals surface area contributed by atoms with Crippen LogP contribution in [0.25, 0.3) is 10.9 Å². The van der Waals surface area contributed by atoms with Gasteiger partial charge in [0.15, 0.2) is 0 Å². The molecular formula is C9H7NS. The Morgan fingerprint density at radius 3 is 3.00 bits per heavy atom. The van der Waals surface area contributed by atoms with Crippen molar-refractivity contribution in [1.29, 1.82) is 0 Å². The smallest absolute Gasteiger partial charge is 0.0702 e. The maximum absolute atomic E-state index is 4.23. The average Bonchev–Trinajstić information content (AvgIpc) is 2.04. The molecule has 0 spiro atoms. The monoisotopic (exact) mass is 161 g/mol. The fourth-order valence-electron chi connectivity index (χ4n) is 1.06. The molecule has 0 atom stereocenters. The van der Waals surface area contributed by atoms with Gasteiger partial charge in [-0.15, -0.1) is 12.6 Å². The van der Waals surface area contributed by atoms with Gasteiger partial charge in [0.2, 0.25) is 0 Å². The van der Waals surface area contributed by atoms with E-state index in [2.05, 4.69) is 17.6 Å². The number of hydrogen-bond acceptors (Lipinski definition) is 2. The molecular weight excluding hydrogens is 154 g/mol. The van der Waals surface area contributed by atoms with Crippen molar-refractivity contribution in [2.75, 3.05) is 0 Å². The second kappa shape index (κ2) is 2.55. The molecule has 0 radical (unpaired) electrons. The second-order valence-electron chi connectivity index (χ2n) is 2.38. The van der Waals surface area contributed by atoms with Crippen LogP contribution in [-0.4, -0.2) is 4.98 Å². The Bertz CT molecular complexity index is 384. The summed E-state index contributed by atoms with van der Waals surface area (Å²) in [5.41, 5.74) is 1.02. The zero-order valence-electron chi connectivity index (χ0n) is 5.86. The summed E-state index contributed by atoms with van der Waals surface area (Å²) in [5, 5.41) is 1.14. The topological polar surface area (TPSA) is 12.9 Å². The molecule has 1 aromatic heterocycles. The first-order valence-corrected chi connectivity index (χ1v) is 3.85. The van der Waals surface area contributed by atoms with E-state index < -0.39 is 0 Å². The van der Waals surface area contributed by atoms with Crippen molar-refractivity contribution >= 4 is 23.5 Å². The number of nitrogens with zero attached hydrogens (tertiary/aromatic N) is 1. The lowest BCUT2D eigenvalue weighted by atomic mass is 10.2. The summed E-state index contributed by atoms with van der Waals surface area (Å²) in [5.74, 6) is 0. The summed E-state index contributed by atoms with van der Waals surface area (Å²) in [6.07, 6.45) is 1.79. The molecule has 0 aliphatic heterocycles. The fraction of sp³-hybridized carbons (Fsp3) is 0. The molecule has 0 fully saturated rings. The van der Waals surface area contributed by atoms with E-state index in [1.54, 1.807) is 6.20 Å². The van der Waals surface area contributed by atoms with Crippen molar-refractivity contribution in [3.63, 3.8) is 0 Å². The molecule has 0 amide bonds. The van der Waals surface area contributed by atoms with Gasteiger partial charge in [-0.05, 0) is 24.3 Å². The van der Waals surface area contributed by atoms with Crippen LogP contribution >= 0.6 is 12.6 Å². The lowest BCUT2D eigenvalue weighted by Crippen LogP contribution is -1.75. The largest absolute Gasteiger partial charge is 0.256 e. The van der Waals surface area contributed by atoms with Crippen molar-refractivity contribution in [2.45, 2.75) is 4.90 Å². The molecule has 1 nitrogen and oxygen atoms in total. The van der Waals surface area contributed by atoms with E-state index in [1.165, 1.54) is 0 Å². The molecule has 2 rings (SSSR count). The van der Waals surface area contributed by atoms with E-state index in [1.807, 2.05) is 30.3 Å². The first kappa shape index (κ1) is 6.68. The van der Waals surface area contributed by atoms with E-state index in [9.17, 15) is 0 Å². The molecule has 0 saturated heterocycles. The molecule has 0 N–H and O–H groups in total. The molecule has 1 heterocycles. The third kappa shape index (κ3) is 1.21. The Morgan fingerprint density at radius 2 is 2.09 bits per heavy atom. The van der Waals surface area contributed by atoms with Crippen molar-refractivity contribution in [3.05, 3.63) is 36.5 Å². The van der Waals surface area contributed by atoms with Gasteiger partial charge in [-0.3, -0.25) is 4.98 Å². The SMILES string of the molecule is Sc1ccc2ncccc2c1. The van der Waals surface area contributed by atoms with Crippen LogP contribution in [0.5, 0.6) is 0 Å². The van der Waals surface area contributed by atoms with E-state index in [-0.39, 0.29) is 0 Å². The van der Waals surface area contributed by atoms with Crippen LogP contribution < -0.4 is 0 Å². The van der Waals surface area contributed by atoms with Gasteiger partial charge >= 0.3 is 0 Å². The third-order valence-corrected chi connectivity index (χ3v) is 1.86. The molecule has 11 heavy (non-hydrogen) atoms. The maximum Gasteiger partial charge on any atom is 0.0702 e. The van der Waals surface area contributed by atoms with Crippen molar-refractivity contribution < 1.29 is 0 Å². The summed E-state index contributed by atoms with van der Waals surface area (Å²) < 4.78 is 0. The van der Waals surface area contributed by atoms with Gasteiger partial charge in [-0.25, -0.2) is 0 Å². The Kier molecular flexibility index (Phi) is 1.55. The summed E-state index contributed by atoms with van der Waals surface area (Å²) in [4.78, 5) is 5.17. The van der Waals surface area contributed by atoms with Gasteiger partial charge in [0, 0.05) is 16.5 Å². The lowest BCUT2D eigenvalue weighted by molar-refractivity contribution is 1.39. The maximum atomic E-state index is 4.23. The van der Waals surface area contributed by atoms with E-state index in [4.69, 9.17) is 0 Å². The minimum Gasteiger partial charge on any atom is -0.256 e. The molecule has 2 heteroatoms. The van der Waals surface area contributed by atoms with Crippen molar-refractivity contribution in [3.8, 4) is 0 Å². The third-order valence-electron chi connectivity index (χ3n) is 1.59. The van der Waals surface area contributed by atoms with Crippen LogP contribution in [0.15, 0.2) is 41.4 Å². The number of hydrogen-bond donors (Lipinski definition) is 1. The van der Waals surface area contributed by atoms with Crippen LogP contribution in [0, 0.1) is 0 Å². The summed E-state index contributed by atoms with van der Waals surface area (Å²) >= 11 is 4.23. The summed E-state index contributed by atoms with van der Waals surface area (Å²) in [7, 11) is 0. The number of rotatable bonds is 0. The number of pyridine rings is 1. The fourth-order valence-corrected chi connectivity index (χ4v) is 1.28. The van der Waals surface area contributed by atoms with Gasteiger partial charge in [-0.1, -0.05) is 6.07 Å².